The summed E-state index contributed by atoms with van der Waals surface area (Å²) in [7, 11) is 2.06. The van der Waals surface area contributed by atoms with Crippen LogP contribution in [0.3, 0.4) is 0 Å². The van der Waals surface area contributed by atoms with Crippen LogP contribution < -0.4 is 0 Å². The standard InChI is InChI=1S/C9H15NO/c1-3-4-8-7-10(2)6-5-9(8)11/h3,8H,1,4-7H2,2H3. The van der Waals surface area contributed by atoms with E-state index in [1.54, 1.807) is 0 Å². The summed E-state index contributed by atoms with van der Waals surface area (Å²) in [5, 5.41) is 0. The van der Waals surface area contributed by atoms with Crippen molar-refractivity contribution in [3.05, 3.63) is 12.7 Å². The number of nitrogens with zero attached hydrogens (tertiary/aromatic N) is 1. The molecule has 2 heteroatoms. The molecule has 0 amide bonds. The minimum Gasteiger partial charge on any atom is -0.305 e. The fraction of sp³-hybridized carbons (Fsp3) is 0.667. The molecule has 0 aromatic carbocycles. The molecule has 1 heterocycles. The summed E-state index contributed by atoms with van der Waals surface area (Å²) in [6.07, 6.45) is 3.39. The Bertz CT molecular complexity index is 165. The number of ketones is 1. The topological polar surface area (TPSA) is 20.3 Å². The molecular weight excluding hydrogens is 138 g/mol. The predicted molar refractivity (Wildman–Crippen MR) is 45.4 cm³/mol. The summed E-state index contributed by atoms with van der Waals surface area (Å²) < 4.78 is 0. The number of carbonyl (C=O) groups is 1. The van der Waals surface area contributed by atoms with Crippen molar-refractivity contribution >= 4 is 5.78 Å². The third-order valence-electron chi connectivity index (χ3n) is 2.18. The quantitative estimate of drug-likeness (QED) is 0.553. The summed E-state index contributed by atoms with van der Waals surface area (Å²) in [6.45, 7) is 5.47. The molecule has 1 aliphatic rings. The zero-order valence-electron chi connectivity index (χ0n) is 7.05. The molecule has 0 spiro atoms. The fourth-order valence-corrected chi connectivity index (χ4v) is 1.48. The first-order valence-electron chi connectivity index (χ1n) is 4.06. The summed E-state index contributed by atoms with van der Waals surface area (Å²) in [4.78, 5) is 13.5. The lowest BCUT2D eigenvalue weighted by Crippen LogP contribution is -2.37. The normalized spacial score (nSPS) is 27.0. The summed E-state index contributed by atoms with van der Waals surface area (Å²) in [5.41, 5.74) is 0. The second kappa shape index (κ2) is 3.67. The van der Waals surface area contributed by atoms with Crippen LogP contribution >= 0.6 is 0 Å². The highest BCUT2D eigenvalue weighted by molar-refractivity contribution is 5.82. The third-order valence-corrected chi connectivity index (χ3v) is 2.18. The van der Waals surface area contributed by atoms with Gasteiger partial charge in [0, 0.05) is 25.4 Å². The average Bonchev–Trinajstić information content (AvgIpc) is 1.98. The van der Waals surface area contributed by atoms with Gasteiger partial charge in [-0.05, 0) is 13.5 Å². The highest BCUT2D eigenvalue weighted by Crippen LogP contribution is 2.14. The molecule has 0 aliphatic carbocycles. The van der Waals surface area contributed by atoms with E-state index in [0.717, 1.165) is 25.9 Å². The molecule has 1 aliphatic heterocycles. The molecule has 0 saturated carbocycles. The Morgan fingerprint density at radius 1 is 1.82 bits per heavy atom. The zero-order chi connectivity index (χ0) is 8.27. The molecule has 11 heavy (non-hydrogen) atoms. The maximum absolute atomic E-state index is 11.3. The maximum atomic E-state index is 11.3. The van der Waals surface area contributed by atoms with Crippen molar-refractivity contribution in [1.82, 2.24) is 4.90 Å². The van der Waals surface area contributed by atoms with Crippen LogP contribution in [0.2, 0.25) is 0 Å². The van der Waals surface area contributed by atoms with Gasteiger partial charge >= 0.3 is 0 Å². The molecule has 1 fully saturated rings. The average molecular weight is 153 g/mol. The minimum atomic E-state index is 0.214. The molecule has 0 aromatic rings. The second-order valence-corrected chi connectivity index (χ2v) is 3.20. The van der Waals surface area contributed by atoms with Gasteiger partial charge in [0.05, 0.1) is 0 Å². The van der Waals surface area contributed by atoms with Gasteiger partial charge in [0.1, 0.15) is 5.78 Å². The lowest BCUT2D eigenvalue weighted by atomic mass is 9.94. The highest BCUT2D eigenvalue weighted by atomic mass is 16.1. The fourth-order valence-electron chi connectivity index (χ4n) is 1.48. The van der Waals surface area contributed by atoms with Crippen molar-refractivity contribution in [3.63, 3.8) is 0 Å². The lowest BCUT2D eigenvalue weighted by Gasteiger charge is -2.27. The SMILES string of the molecule is C=CCC1CN(C)CCC1=O. The van der Waals surface area contributed by atoms with Crippen LogP contribution in [-0.4, -0.2) is 30.8 Å². The summed E-state index contributed by atoms with van der Waals surface area (Å²) in [5.74, 6) is 0.620. The molecule has 0 radical (unpaired) electrons. The van der Waals surface area contributed by atoms with E-state index in [9.17, 15) is 4.79 Å². The van der Waals surface area contributed by atoms with Gasteiger partial charge in [0.2, 0.25) is 0 Å². The number of Topliss-reactive ketones (excluding diaryl/α,β-unsaturated/α-hetero) is 1. The van der Waals surface area contributed by atoms with Gasteiger partial charge in [-0.25, -0.2) is 0 Å². The van der Waals surface area contributed by atoms with Gasteiger partial charge in [-0.2, -0.15) is 0 Å². The molecule has 0 bridgehead atoms. The predicted octanol–water partition coefficient (Wildman–Crippen LogP) is 1.08. The summed E-state index contributed by atoms with van der Waals surface area (Å²) in [6, 6.07) is 0. The molecule has 1 saturated heterocycles. The molecule has 1 unspecified atom stereocenters. The van der Waals surface area contributed by atoms with Crippen LogP contribution in [0.25, 0.3) is 0 Å². The number of hydrogen-bond donors (Lipinski definition) is 0. The molecule has 1 rings (SSSR count). The zero-order valence-corrected chi connectivity index (χ0v) is 7.05. The van der Waals surface area contributed by atoms with Gasteiger partial charge in [-0.1, -0.05) is 6.08 Å². The number of allylic oxidation sites excluding steroid dienone is 1. The Labute approximate surface area is 67.9 Å². The van der Waals surface area contributed by atoms with Crippen LogP contribution in [0.15, 0.2) is 12.7 Å². The van der Waals surface area contributed by atoms with Gasteiger partial charge < -0.3 is 4.90 Å². The molecular formula is C9H15NO. The third kappa shape index (κ3) is 2.15. The van der Waals surface area contributed by atoms with Crippen molar-refractivity contribution in [3.8, 4) is 0 Å². The number of piperidine rings is 1. The van der Waals surface area contributed by atoms with Crippen LogP contribution in [0.1, 0.15) is 12.8 Å². The van der Waals surface area contributed by atoms with E-state index in [0.29, 0.717) is 5.78 Å². The molecule has 2 nitrogen and oxygen atoms in total. The van der Waals surface area contributed by atoms with Gasteiger partial charge in [0.25, 0.3) is 0 Å². The second-order valence-electron chi connectivity index (χ2n) is 3.20. The number of hydrogen-bond acceptors (Lipinski definition) is 2. The van der Waals surface area contributed by atoms with E-state index >= 15 is 0 Å². The summed E-state index contributed by atoms with van der Waals surface area (Å²) >= 11 is 0. The Morgan fingerprint density at radius 3 is 3.18 bits per heavy atom. The Balaban J connectivity index is 2.46. The van der Waals surface area contributed by atoms with Crippen LogP contribution in [0.4, 0.5) is 0 Å². The number of carbonyl (C=O) groups excluding carboxylic acids is 1. The van der Waals surface area contributed by atoms with Gasteiger partial charge in [-0.15, -0.1) is 6.58 Å². The number of likely N-dealkylation sites (tertiary alicyclic amines) is 1. The Hall–Kier alpha value is -0.630. The first-order chi connectivity index (χ1) is 5.24. The largest absolute Gasteiger partial charge is 0.305 e. The van der Waals surface area contributed by atoms with Gasteiger partial charge in [0.15, 0.2) is 0 Å². The van der Waals surface area contributed by atoms with Crippen molar-refractivity contribution in [1.29, 1.82) is 0 Å². The van der Waals surface area contributed by atoms with Crippen molar-refractivity contribution in [2.45, 2.75) is 12.8 Å². The minimum absolute atomic E-state index is 0.214. The maximum Gasteiger partial charge on any atom is 0.138 e. The van der Waals surface area contributed by atoms with E-state index in [4.69, 9.17) is 0 Å². The Kier molecular flexibility index (Phi) is 2.83. The molecule has 1 atom stereocenters. The first-order valence-corrected chi connectivity index (χ1v) is 4.06. The van der Waals surface area contributed by atoms with E-state index in [-0.39, 0.29) is 5.92 Å². The van der Waals surface area contributed by atoms with E-state index in [1.807, 2.05) is 6.08 Å². The molecule has 62 valence electrons. The van der Waals surface area contributed by atoms with Crippen LogP contribution in [0, 0.1) is 5.92 Å². The molecule has 0 N–H and O–H groups in total. The lowest BCUT2D eigenvalue weighted by molar-refractivity contribution is -0.125. The van der Waals surface area contributed by atoms with Gasteiger partial charge in [-0.3, -0.25) is 4.79 Å². The van der Waals surface area contributed by atoms with Crippen molar-refractivity contribution in [2.24, 2.45) is 5.92 Å². The Morgan fingerprint density at radius 2 is 2.55 bits per heavy atom. The van der Waals surface area contributed by atoms with Crippen molar-refractivity contribution in [2.75, 3.05) is 20.1 Å². The monoisotopic (exact) mass is 153 g/mol. The van der Waals surface area contributed by atoms with E-state index in [2.05, 4.69) is 18.5 Å². The van der Waals surface area contributed by atoms with Crippen molar-refractivity contribution < 1.29 is 4.79 Å². The number of rotatable bonds is 2. The van der Waals surface area contributed by atoms with Crippen LogP contribution in [0.5, 0.6) is 0 Å². The van der Waals surface area contributed by atoms with E-state index in [1.165, 1.54) is 0 Å². The smallest absolute Gasteiger partial charge is 0.138 e. The van der Waals surface area contributed by atoms with E-state index < -0.39 is 0 Å². The first kappa shape index (κ1) is 8.47. The highest BCUT2D eigenvalue weighted by Gasteiger charge is 2.23. The van der Waals surface area contributed by atoms with Crippen LogP contribution in [-0.2, 0) is 4.79 Å². The molecule has 0 aromatic heterocycles.